The van der Waals surface area contributed by atoms with E-state index in [1.54, 1.807) is 4.57 Å². The number of hydrogen-bond acceptors (Lipinski definition) is 6. The molecule has 5 aromatic heterocycles. The van der Waals surface area contributed by atoms with Crippen LogP contribution in [0.15, 0.2) is 135 Å². The number of H-pyrrole nitrogens is 3. The summed E-state index contributed by atoms with van der Waals surface area (Å²) < 4.78 is 13.7. The third-order valence-corrected chi connectivity index (χ3v) is 8.95. The summed E-state index contributed by atoms with van der Waals surface area (Å²) in [5.74, 6) is 0.571. The normalized spacial score (nSPS) is 11.8. The average Bonchev–Trinajstić information content (AvgIpc) is 3.96. The van der Waals surface area contributed by atoms with Gasteiger partial charge in [0.05, 0.1) is 27.8 Å². The Kier molecular flexibility index (Phi) is 5.49. The molecule has 10 rings (SSSR count). The van der Waals surface area contributed by atoms with Crippen molar-refractivity contribution in [2.45, 2.75) is 0 Å². The van der Waals surface area contributed by atoms with Crippen LogP contribution in [-0.2, 0) is 0 Å². The SMILES string of the molecule is O=c1[nH]c2ccccc2n1-c1c(-c2ccc[nH]2)cc(-c2n[nH]c3ccccc23)c(-c2cccc3nonc23)c1-c1cc2ccccc2o1. The van der Waals surface area contributed by atoms with E-state index in [1.165, 1.54) is 0 Å². The molecular weight excluding hydrogens is 602 g/mol. The molecule has 0 fully saturated rings. The molecule has 0 spiro atoms. The minimum absolute atomic E-state index is 0.286. The lowest BCUT2D eigenvalue weighted by atomic mass is 9.85. The molecule has 228 valence electrons. The van der Waals surface area contributed by atoms with E-state index in [0.717, 1.165) is 55.4 Å². The van der Waals surface area contributed by atoms with Gasteiger partial charge in [-0.05, 0) is 64.9 Å². The van der Waals surface area contributed by atoms with E-state index >= 15 is 0 Å². The van der Waals surface area contributed by atoms with Gasteiger partial charge in [-0.15, -0.1) is 0 Å². The number of nitrogens with zero attached hydrogens (tertiary/aromatic N) is 4. The standard InChI is InChI=1S/C38H23N7O3/c46-38-40-28-13-4-5-16-30(28)45(38)37-24(26-15-8-18-39-26)20-25(35-22-10-2-3-12-27(22)41-42-35)33(23-11-7-14-29-36(23)44-48-43-29)34(37)32-19-21-9-1-6-17-31(21)47-32/h1-20,39H,(H,40,46)(H,41,42). The lowest BCUT2D eigenvalue weighted by Gasteiger charge is -2.22. The summed E-state index contributed by atoms with van der Waals surface area (Å²) in [4.78, 5) is 20.6. The number of nitrogens with one attached hydrogen (secondary N) is 3. The first-order valence-electron chi connectivity index (χ1n) is 15.4. The van der Waals surface area contributed by atoms with Gasteiger partial charge in [-0.3, -0.25) is 9.67 Å². The van der Waals surface area contributed by atoms with E-state index in [4.69, 9.17) is 14.1 Å². The van der Waals surface area contributed by atoms with Gasteiger partial charge in [0.2, 0.25) is 0 Å². The van der Waals surface area contributed by atoms with Crippen LogP contribution in [0.3, 0.4) is 0 Å². The Bertz CT molecular complexity index is 2850. The molecule has 5 heterocycles. The van der Waals surface area contributed by atoms with E-state index in [-0.39, 0.29) is 5.69 Å². The molecule has 48 heavy (non-hydrogen) atoms. The smallest absolute Gasteiger partial charge is 0.331 e. The Morgan fingerprint density at radius 2 is 1.56 bits per heavy atom. The number of hydrogen-bond donors (Lipinski definition) is 3. The molecule has 0 amide bonds. The van der Waals surface area contributed by atoms with Crippen LogP contribution in [0.25, 0.3) is 94.6 Å². The summed E-state index contributed by atoms with van der Waals surface area (Å²) in [6.45, 7) is 0. The zero-order valence-electron chi connectivity index (χ0n) is 25.1. The Labute approximate surface area is 270 Å². The van der Waals surface area contributed by atoms with Crippen molar-refractivity contribution in [3.8, 4) is 50.7 Å². The van der Waals surface area contributed by atoms with Crippen molar-refractivity contribution in [3.63, 3.8) is 0 Å². The molecule has 0 unspecified atom stereocenters. The van der Waals surface area contributed by atoms with Crippen molar-refractivity contribution in [2.75, 3.05) is 0 Å². The molecular formula is C38H23N7O3. The van der Waals surface area contributed by atoms with E-state index in [0.29, 0.717) is 39.1 Å². The maximum Gasteiger partial charge on any atom is 0.331 e. The first kappa shape index (κ1) is 26.3. The van der Waals surface area contributed by atoms with Crippen LogP contribution in [0.5, 0.6) is 0 Å². The number of fused-ring (bicyclic) bond motifs is 4. The van der Waals surface area contributed by atoms with Gasteiger partial charge in [-0.25, -0.2) is 9.42 Å². The molecule has 10 nitrogen and oxygen atoms in total. The molecule has 5 aromatic carbocycles. The zero-order valence-corrected chi connectivity index (χ0v) is 25.1. The summed E-state index contributed by atoms with van der Waals surface area (Å²) >= 11 is 0. The summed E-state index contributed by atoms with van der Waals surface area (Å²) in [6, 6.07) is 37.4. The maximum absolute atomic E-state index is 14.1. The lowest BCUT2D eigenvalue weighted by molar-refractivity contribution is 0.315. The fourth-order valence-electron chi connectivity index (χ4n) is 6.87. The third kappa shape index (κ3) is 3.80. The van der Waals surface area contributed by atoms with Gasteiger partial charge in [0.15, 0.2) is 0 Å². The second-order valence-electron chi connectivity index (χ2n) is 11.6. The summed E-state index contributed by atoms with van der Waals surface area (Å²) in [5.41, 5.74) is 9.87. The predicted molar refractivity (Wildman–Crippen MR) is 185 cm³/mol. The fourth-order valence-corrected chi connectivity index (χ4v) is 6.87. The second kappa shape index (κ2) is 10.0. The summed E-state index contributed by atoms with van der Waals surface area (Å²) in [6.07, 6.45) is 1.87. The first-order valence-corrected chi connectivity index (χ1v) is 15.4. The zero-order chi connectivity index (χ0) is 31.8. The van der Waals surface area contributed by atoms with Gasteiger partial charge in [-0.2, -0.15) is 5.10 Å². The predicted octanol–water partition coefficient (Wildman–Crippen LogP) is 8.47. The summed E-state index contributed by atoms with van der Waals surface area (Å²) in [7, 11) is 0. The highest BCUT2D eigenvalue weighted by Crippen LogP contribution is 2.50. The molecule has 10 heteroatoms. The fraction of sp³-hybridized carbons (Fsp3) is 0. The van der Waals surface area contributed by atoms with Gasteiger partial charge in [0, 0.05) is 44.9 Å². The molecule has 0 saturated carbocycles. The molecule has 3 N–H and O–H groups in total. The molecule has 0 aliphatic heterocycles. The second-order valence-corrected chi connectivity index (χ2v) is 11.6. The highest BCUT2D eigenvalue weighted by molar-refractivity contribution is 6.10. The Morgan fingerprint density at radius 1 is 0.708 bits per heavy atom. The number of imidazole rings is 1. The van der Waals surface area contributed by atoms with Crippen LogP contribution in [0.2, 0.25) is 0 Å². The molecule has 10 aromatic rings. The van der Waals surface area contributed by atoms with Crippen LogP contribution in [0.4, 0.5) is 0 Å². The highest BCUT2D eigenvalue weighted by Gasteiger charge is 2.30. The van der Waals surface area contributed by atoms with Gasteiger partial charge >= 0.3 is 5.69 Å². The van der Waals surface area contributed by atoms with E-state index < -0.39 is 0 Å². The number of aromatic nitrogens is 7. The van der Waals surface area contributed by atoms with Crippen molar-refractivity contribution in [3.05, 3.63) is 132 Å². The summed E-state index contributed by atoms with van der Waals surface area (Å²) in [5, 5.41) is 18.5. The monoisotopic (exact) mass is 625 g/mol. The van der Waals surface area contributed by atoms with Gasteiger partial charge in [0.25, 0.3) is 0 Å². The topological polar surface area (TPSA) is 134 Å². The number of aromatic amines is 3. The van der Waals surface area contributed by atoms with Crippen LogP contribution in [0, 0.1) is 0 Å². The molecule has 0 atom stereocenters. The lowest BCUT2D eigenvalue weighted by Crippen LogP contribution is -2.17. The number of para-hydroxylation sites is 4. The van der Waals surface area contributed by atoms with Crippen LogP contribution >= 0.6 is 0 Å². The first-order chi connectivity index (χ1) is 23.7. The van der Waals surface area contributed by atoms with Crippen molar-refractivity contribution >= 4 is 43.9 Å². The minimum atomic E-state index is -0.286. The maximum atomic E-state index is 14.1. The number of furan rings is 1. The van der Waals surface area contributed by atoms with Crippen molar-refractivity contribution < 1.29 is 9.05 Å². The largest absolute Gasteiger partial charge is 0.456 e. The highest BCUT2D eigenvalue weighted by atomic mass is 16.6. The Morgan fingerprint density at radius 3 is 2.46 bits per heavy atom. The molecule has 0 aliphatic carbocycles. The minimum Gasteiger partial charge on any atom is -0.456 e. The van der Waals surface area contributed by atoms with E-state index in [9.17, 15) is 4.79 Å². The molecule has 0 saturated heterocycles. The van der Waals surface area contributed by atoms with Gasteiger partial charge in [0.1, 0.15) is 28.1 Å². The van der Waals surface area contributed by atoms with Gasteiger partial charge in [-0.1, -0.05) is 60.7 Å². The van der Waals surface area contributed by atoms with Gasteiger partial charge < -0.3 is 14.4 Å². The molecule has 0 bridgehead atoms. The Hall–Kier alpha value is -6.94. The average molecular weight is 626 g/mol. The molecule has 0 aliphatic rings. The van der Waals surface area contributed by atoms with Crippen molar-refractivity contribution in [1.29, 1.82) is 0 Å². The van der Waals surface area contributed by atoms with E-state index in [1.807, 2.05) is 115 Å². The molecule has 0 radical (unpaired) electrons. The number of benzene rings is 5. The quantitative estimate of drug-likeness (QED) is 0.176. The van der Waals surface area contributed by atoms with Crippen LogP contribution in [0.1, 0.15) is 0 Å². The number of rotatable bonds is 5. The van der Waals surface area contributed by atoms with E-state index in [2.05, 4.69) is 31.4 Å². The third-order valence-electron chi connectivity index (χ3n) is 8.95. The van der Waals surface area contributed by atoms with Crippen molar-refractivity contribution in [1.82, 2.24) is 35.0 Å². The van der Waals surface area contributed by atoms with Crippen LogP contribution < -0.4 is 5.69 Å². The van der Waals surface area contributed by atoms with Crippen molar-refractivity contribution in [2.24, 2.45) is 0 Å². The Balaban J connectivity index is 1.48. The van der Waals surface area contributed by atoms with Crippen LogP contribution in [-0.4, -0.2) is 35.0 Å².